The van der Waals surface area contributed by atoms with Crippen LogP contribution in [-0.4, -0.2) is 25.3 Å². The van der Waals surface area contributed by atoms with Gasteiger partial charge < -0.3 is 10.1 Å². The van der Waals surface area contributed by atoms with E-state index in [1.807, 2.05) is 13.8 Å². The zero-order chi connectivity index (χ0) is 11.7. The van der Waals surface area contributed by atoms with E-state index >= 15 is 0 Å². The Morgan fingerprint density at radius 1 is 1.27 bits per heavy atom. The number of hydrogen-bond acceptors (Lipinski definition) is 2. The molecule has 0 aliphatic heterocycles. The molecule has 2 heteroatoms. The van der Waals surface area contributed by atoms with Crippen LogP contribution < -0.4 is 5.32 Å². The highest BCUT2D eigenvalue weighted by atomic mass is 16.5. The van der Waals surface area contributed by atoms with E-state index in [-0.39, 0.29) is 6.10 Å². The average molecular weight is 211 g/mol. The predicted molar refractivity (Wildman–Crippen MR) is 65.8 cm³/mol. The molecule has 88 valence electrons. The molecule has 0 aliphatic carbocycles. The van der Waals surface area contributed by atoms with Crippen LogP contribution in [0.15, 0.2) is 0 Å². The van der Waals surface area contributed by atoms with Crippen LogP contribution in [0.3, 0.4) is 0 Å². The van der Waals surface area contributed by atoms with Gasteiger partial charge in [0.05, 0.1) is 6.10 Å². The molecular formula is C13H25NO. The molecule has 0 fully saturated rings. The van der Waals surface area contributed by atoms with Crippen LogP contribution in [0.1, 0.15) is 41.0 Å². The van der Waals surface area contributed by atoms with Crippen molar-refractivity contribution in [1.82, 2.24) is 5.32 Å². The van der Waals surface area contributed by atoms with Crippen LogP contribution in [0.2, 0.25) is 0 Å². The van der Waals surface area contributed by atoms with Crippen molar-refractivity contribution in [3.8, 4) is 11.8 Å². The van der Waals surface area contributed by atoms with Gasteiger partial charge in [-0.1, -0.05) is 20.8 Å². The summed E-state index contributed by atoms with van der Waals surface area (Å²) in [6.45, 7) is 12.2. The Morgan fingerprint density at radius 2 is 1.93 bits per heavy atom. The molecule has 2 atom stereocenters. The lowest BCUT2D eigenvalue weighted by atomic mass is 9.97. The third kappa shape index (κ3) is 5.81. The molecule has 0 aromatic rings. The van der Waals surface area contributed by atoms with E-state index in [0.29, 0.717) is 12.0 Å². The maximum atomic E-state index is 5.78. The van der Waals surface area contributed by atoms with Crippen molar-refractivity contribution in [1.29, 1.82) is 0 Å². The molecule has 0 spiro atoms. The van der Waals surface area contributed by atoms with Crippen LogP contribution >= 0.6 is 0 Å². The first-order valence-electron chi connectivity index (χ1n) is 5.91. The van der Waals surface area contributed by atoms with Crippen LogP contribution in [0.25, 0.3) is 0 Å². The summed E-state index contributed by atoms with van der Waals surface area (Å²) in [6, 6.07) is 0.349. The number of nitrogens with one attached hydrogen (secondary N) is 1. The Labute approximate surface area is 94.8 Å². The molecule has 0 aromatic heterocycles. The van der Waals surface area contributed by atoms with Crippen LogP contribution in [0.5, 0.6) is 0 Å². The number of rotatable bonds is 7. The number of hydrogen-bond donors (Lipinski definition) is 1. The summed E-state index contributed by atoms with van der Waals surface area (Å²) < 4.78 is 5.78. The van der Waals surface area contributed by atoms with Gasteiger partial charge in [0, 0.05) is 19.1 Å². The van der Waals surface area contributed by atoms with Gasteiger partial charge in [-0.15, -0.1) is 11.8 Å². The monoisotopic (exact) mass is 211 g/mol. The van der Waals surface area contributed by atoms with E-state index < -0.39 is 0 Å². The lowest BCUT2D eigenvalue weighted by Gasteiger charge is -2.29. The quantitative estimate of drug-likeness (QED) is 0.653. The van der Waals surface area contributed by atoms with Crippen molar-refractivity contribution in [2.45, 2.75) is 53.2 Å². The highest BCUT2D eigenvalue weighted by Crippen LogP contribution is 2.13. The van der Waals surface area contributed by atoms with Crippen LogP contribution in [-0.2, 0) is 4.74 Å². The third-order valence-electron chi connectivity index (χ3n) is 2.38. The summed E-state index contributed by atoms with van der Waals surface area (Å²) >= 11 is 0. The lowest BCUT2D eigenvalue weighted by molar-refractivity contribution is 0.00507. The standard InChI is InChI=1S/C13H25NO/c1-6-9-10-12(14-7-2)13(11(4)5)15-8-3/h11-14H,7-8,10H2,1-5H3. The Morgan fingerprint density at radius 3 is 2.33 bits per heavy atom. The fourth-order valence-corrected chi connectivity index (χ4v) is 1.74. The summed E-state index contributed by atoms with van der Waals surface area (Å²) in [5.41, 5.74) is 0. The van der Waals surface area contributed by atoms with E-state index in [9.17, 15) is 0 Å². The molecule has 15 heavy (non-hydrogen) atoms. The summed E-state index contributed by atoms with van der Waals surface area (Å²) in [5.74, 6) is 6.60. The summed E-state index contributed by atoms with van der Waals surface area (Å²) in [5, 5.41) is 3.46. The Kier molecular flexibility index (Phi) is 8.46. The zero-order valence-corrected chi connectivity index (χ0v) is 10.8. The Balaban J connectivity index is 4.40. The normalized spacial score (nSPS) is 14.5. The smallest absolute Gasteiger partial charge is 0.0760 e. The minimum absolute atomic E-state index is 0.260. The van der Waals surface area contributed by atoms with Gasteiger partial charge in [-0.25, -0.2) is 0 Å². The molecular weight excluding hydrogens is 186 g/mol. The van der Waals surface area contributed by atoms with E-state index in [2.05, 4.69) is 37.9 Å². The third-order valence-corrected chi connectivity index (χ3v) is 2.38. The topological polar surface area (TPSA) is 21.3 Å². The van der Waals surface area contributed by atoms with Crippen molar-refractivity contribution in [2.75, 3.05) is 13.2 Å². The van der Waals surface area contributed by atoms with Gasteiger partial charge in [0.2, 0.25) is 0 Å². The first kappa shape index (κ1) is 14.5. The number of ether oxygens (including phenoxy) is 1. The van der Waals surface area contributed by atoms with Gasteiger partial charge >= 0.3 is 0 Å². The summed E-state index contributed by atoms with van der Waals surface area (Å²) in [4.78, 5) is 0. The molecule has 0 aliphatic rings. The largest absolute Gasteiger partial charge is 0.377 e. The molecule has 2 unspecified atom stereocenters. The molecule has 0 saturated carbocycles. The van der Waals surface area contributed by atoms with Crippen molar-refractivity contribution in [2.24, 2.45) is 5.92 Å². The lowest BCUT2D eigenvalue weighted by Crippen LogP contribution is -2.44. The molecule has 1 N–H and O–H groups in total. The SMILES string of the molecule is CC#CCC(NCC)C(OCC)C(C)C. The van der Waals surface area contributed by atoms with E-state index in [0.717, 1.165) is 19.6 Å². The first-order valence-corrected chi connectivity index (χ1v) is 5.91. The summed E-state index contributed by atoms with van der Waals surface area (Å²) in [6.07, 6.45) is 1.13. The fraction of sp³-hybridized carbons (Fsp3) is 0.846. The highest BCUT2D eigenvalue weighted by Gasteiger charge is 2.23. The van der Waals surface area contributed by atoms with Crippen molar-refractivity contribution >= 4 is 0 Å². The van der Waals surface area contributed by atoms with Crippen molar-refractivity contribution in [3.05, 3.63) is 0 Å². The minimum Gasteiger partial charge on any atom is -0.377 e. The molecule has 0 radical (unpaired) electrons. The van der Waals surface area contributed by atoms with E-state index in [4.69, 9.17) is 4.74 Å². The van der Waals surface area contributed by atoms with Gasteiger partial charge in [0.25, 0.3) is 0 Å². The molecule has 0 aromatic carbocycles. The average Bonchev–Trinajstić information content (AvgIpc) is 2.21. The second-order valence-electron chi connectivity index (χ2n) is 3.96. The van der Waals surface area contributed by atoms with Gasteiger partial charge in [0.15, 0.2) is 0 Å². The van der Waals surface area contributed by atoms with E-state index in [1.165, 1.54) is 0 Å². The maximum absolute atomic E-state index is 5.78. The highest BCUT2D eigenvalue weighted by molar-refractivity contribution is 5.00. The van der Waals surface area contributed by atoms with Crippen LogP contribution in [0.4, 0.5) is 0 Å². The van der Waals surface area contributed by atoms with Gasteiger partial charge in [-0.3, -0.25) is 0 Å². The molecule has 0 amide bonds. The minimum atomic E-state index is 0.260. The zero-order valence-electron chi connectivity index (χ0n) is 10.8. The second kappa shape index (κ2) is 8.76. The van der Waals surface area contributed by atoms with Crippen molar-refractivity contribution < 1.29 is 4.74 Å². The summed E-state index contributed by atoms with van der Waals surface area (Å²) in [7, 11) is 0. The molecule has 0 saturated heterocycles. The Hall–Kier alpha value is -0.520. The van der Waals surface area contributed by atoms with Crippen LogP contribution in [0, 0.1) is 17.8 Å². The van der Waals surface area contributed by atoms with Crippen molar-refractivity contribution in [3.63, 3.8) is 0 Å². The van der Waals surface area contributed by atoms with Gasteiger partial charge in [-0.05, 0) is 26.3 Å². The van der Waals surface area contributed by atoms with E-state index in [1.54, 1.807) is 0 Å². The predicted octanol–water partition coefficient (Wildman–Crippen LogP) is 2.44. The molecule has 0 bridgehead atoms. The first-order chi connectivity index (χ1) is 7.17. The second-order valence-corrected chi connectivity index (χ2v) is 3.96. The maximum Gasteiger partial charge on any atom is 0.0760 e. The molecule has 0 heterocycles. The molecule has 2 nitrogen and oxygen atoms in total. The van der Waals surface area contributed by atoms with Gasteiger partial charge in [-0.2, -0.15) is 0 Å². The fourth-order valence-electron chi connectivity index (χ4n) is 1.74. The van der Waals surface area contributed by atoms with Gasteiger partial charge in [0.1, 0.15) is 0 Å². The molecule has 0 rings (SSSR count). The number of likely N-dealkylation sites (N-methyl/N-ethyl adjacent to an activating group) is 1. The Bertz CT molecular complexity index is 202.